The number of carbonyl (C=O) groups is 1. The summed E-state index contributed by atoms with van der Waals surface area (Å²) in [5.41, 5.74) is 0.701. The zero-order chi connectivity index (χ0) is 18.4. The van der Waals surface area contributed by atoms with Crippen molar-refractivity contribution in [2.45, 2.75) is 44.9 Å². The first-order valence-corrected chi connectivity index (χ1v) is 9.96. The number of amides is 1. The van der Waals surface area contributed by atoms with Gasteiger partial charge in [-0.25, -0.2) is 4.39 Å². The second-order valence-corrected chi connectivity index (χ2v) is 8.07. The molecule has 144 valence electrons. The van der Waals surface area contributed by atoms with Gasteiger partial charge < -0.3 is 10.0 Å². The van der Waals surface area contributed by atoms with Crippen molar-refractivity contribution in [3.05, 3.63) is 35.6 Å². The molecule has 1 unspecified atom stereocenters. The van der Waals surface area contributed by atoms with Crippen molar-refractivity contribution in [1.82, 2.24) is 9.80 Å². The fourth-order valence-electron chi connectivity index (χ4n) is 4.37. The molecule has 2 heterocycles. The van der Waals surface area contributed by atoms with Gasteiger partial charge in [0, 0.05) is 18.5 Å². The summed E-state index contributed by atoms with van der Waals surface area (Å²) in [5.74, 6) is -0.0618. The van der Waals surface area contributed by atoms with Gasteiger partial charge in [-0.05, 0) is 62.9 Å². The van der Waals surface area contributed by atoms with Crippen LogP contribution < -0.4 is 0 Å². The molecule has 2 saturated heterocycles. The topological polar surface area (TPSA) is 43.8 Å². The van der Waals surface area contributed by atoms with E-state index in [1.807, 2.05) is 4.90 Å². The number of hydrogen-bond acceptors (Lipinski definition) is 3. The molecule has 0 radical (unpaired) electrons. The third-order valence-corrected chi connectivity index (χ3v) is 5.90. The first kappa shape index (κ1) is 19.3. The van der Waals surface area contributed by atoms with Crippen LogP contribution in [0.5, 0.6) is 0 Å². The molecule has 0 saturated carbocycles. The van der Waals surface area contributed by atoms with Crippen molar-refractivity contribution in [3.8, 4) is 0 Å². The minimum atomic E-state index is -0.315. The molecule has 1 amide bonds. The minimum absolute atomic E-state index is 0.0534. The normalized spacial score (nSPS) is 25.1. The summed E-state index contributed by atoms with van der Waals surface area (Å²) >= 11 is 0. The Bertz CT molecular complexity index is 584. The van der Waals surface area contributed by atoms with E-state index in [2.05, 4.69) is 4.90 Å². The van der Waals surface area contributed by atoms with Crippen LogP contribution in [-0.4, -0.2) is 60.1 Å². The molecule has 0 bridgehead atoms. The maximum atomic E-state index is 13.2. The summed E-state index contributed by atoms with van der Waals surface area (Å²) in [6, 6.07) is 6.49. The number of carbonyl (C=O) groups excluding carboxylic acids is 1. The quantitative estimate of drug-likeness (QED) is 0.876. The SMILES string of the molecule is O=C(CN1CCCCCC1)N1CCCC(CO)(Cc2ccc(F)cc2)C1. The summed E-state index contributed by atoms with van der Waals surface area (Å²) in [6.07, 6.45) is 7.37. The predicted octanol–water partition coefficient (Wildman–Crippen LogP) is 2.85. The Labute approximate surface area is 156 Å². The smallest absolute Gasteiger partial charge is 0.236 e. The van der Waals surface area contributed by atoms with Gasteiger partial charge in [0.15, 0.2) is 0 Å². The lowest BCUT2D eigenvalue weighted by Crippen LogP contribution is -2.51. The molecule has 4 nitrogen and oxygen atoms in total. The maximum Gasteiger partial charge on any atom is 0.236 e. The molecule has 1 atom stereocenters. The number of aliphatic hydroxyl groups is 1. The van der Waals surface area contributed by atoms with E-state index in [1.54, 1.807) is 12.1 Å². The number of benzene rings is 1. The van der Waals surface area contributed by atoms with Crippen LogP contribution in [0.15, 0.2) is 24.3 Å². The Morgan fingerprint density at radius 3 is 2.38 bits per heavy atom. The van der Waals surface area contributed by atoms with E-state index in [9.17, 15) is 14.3 Å². The van der Waals surface area contributed by atoms with Crippen LogP contribution >= 0.6 is 0 Å². The Kier molecular flexibility index (Phi) is 6.65. The van der Waals surface area contributed by atoms with E-state index in [-0.39, 0.29) is 23.7 Å². The standard InChI is InChI=1S/C21H31FN2O2/c22-19-8-6-18(7-9-19)14-21(17-25)10-5-13-24(16-21)20(26)15-23-11-3-1-2-4-12-23/h6-9,25H,1-5,10-17H2. The van der Waals surface area contributed by atoms with Crippen molar-refractivity contribution in [2.75, 3.05) is 39.3 Å². The average Bonchev–Trinajstić information content (AvgIpc) is 2.92. The number of nitrogens with zero attached hydrogens (tertiary/aromatic N) is 2. The van der Waals surface area contributed by atoms with E-state index < -0.39 is 0 Å². The highest BCUT2D eigenvalue weighted by Crippen LogP contribution is 2.33. The van der Waals surface area contributed by atoms with Crippen LogP contribution in [0.2, 0.25) is 0 Å². The van der Waals surface area contributed by atoms with Crippen LogP contribution in [0, 0.1) is 11.2 Å². The fraction of sp³-hybridized carbons (Fsp3) is 0.667. The summed E-state index contributed by atoms with van der Waals surface area (Å²) in [5, 5.41) is 10.1. The fourth-order valence-corrected chi connectivity index (χ4v) is 4.37. The van der Waals surface area contributed by atoms with Crippen LogP contribution in [0.4, 0.5) is 4.39 Å². The number of piperidine rings is 1. The van der Waals surface area contributed by atoms with Crippen molar-refractivity contribution < 1.29 is 14.3 Å². The van der Waals surface area contributed by atoms with Gasteiger partial charge in [-0.15, -0.1) is 0 Å². The van der Waals surface area contributed by atoms with Gasteiger partial charge >= 0.3 is 0 Å². The summed E-state index contributed by atoms with van der Waals surface area (Å²) < 4.78 is 13.2. The van der Waals surface area contributed by atoms with Gasteiger partial charge in [-0.1, -0.05) is 25.0 Å². The Morgan fingerprint density at radius 2 is 1.73 bits per heavy atom. The lowest BCUT2D eigenvalue weighted by atomic mass is 9.75. The van der Waals surface area contributed by atoms with Crippen molar-refractivity contribution in [3.63, 3.8) is 0 Å². The Balaban J connectivity index is 1.62. The van der Waals surface area contributed by atoms with Crippen molar-refractivity contribution in [1.29, 1.82) is 0 Å². The molecule has 0 aliphatic carbocycles. The molecule has 0 spiro atoms. The molecule has 0 aromatic heterocycles. The number of likely N-dealkylation sites (tertiary alicyclic amines) is 2. The second-order valence-electron chi connectivity index (χ2n) is 8.07. The largest absolute Gasteiger partial charge is 0.396 e. The van der Waals surface area contributed by atoms with Crippen LogP contribution in [0.25, 0.3) is 0 Å². The van der Waals surface area contributed by atoms with Gasteiger partial charge in [0.25, 0.3) is 0 Å². The third-order valence-electron chi connectivity index (χ3n) is 5.90. The van der Waals surface area contributed by atoms with Crippen molar-refractivity contribution in [2.24, 2.45) is 5.41 Å². The maximum absolute atomic E-state index is 13.2. The molecule has 5 heteroatoms. The molecule has 2 aliphatic rings. The zero-order valence-corrected chi connectivity index (χ0v) is 15.6. The first-order valence-electron chi connectivity index (χ1n) is 9.96. The van der Waals surface area contributed by atoms with E-state index in [0.717, 1.165) is 38.0 Å². The minimum Gasteiger partial charge on any atom is -0.396 e. The molecule has 26 heavy (non-hydrogen) atoms. The van der Waals surface area contributed by atoms with Crippen LogP contribution in [-0.2, 0) is 11.2 Å². The number of hydrogen-bond donors (Lipinski definition) is 1. The summed E-state index contributed by atoms with van der Waals surface area (Å²) in [4.78, 5) is 17.1. The highest BCUT2D eigenvalue weighted by molar-refractivity contribution is 5.78. The average molecular weight is 362 g/mol. The van der Waals surface area contributed by atoms with Gasteiger partial charge in [0.05, 0.1) is 13.2 Å². The molecular formula is C21H31FN2O2. The van der Waals surface area contributed by atoms with Gasteiger partial charge in [-0.3, -0.25) is 9.69 Å². The van der Waals surface area contributed by atoms with Gasteiger partial charge in [-0.2, -0.15) is 0 Å². The van der Waals surface area contributed by atoms with Crippen LogP contribution in [0.3, 0.4) is 0 Å². The molecule has 1 aromatic carbocycles. The Morgan fingerprint density at radius 1 is 1.04 bits per heavy atom. The molecule has 1 aromatic rings. The van der Waals surface area contributed by atoms with E-state index in [1.165, 1.54) is 37.8 Å². The number of halogens is 1. The third kappa shape index (κ3) is 5.04. The molecule has 2 fully saturated rings. The lowest BCUT2D eigenvalue weighted by molar-refractivity contribution is -0.136. The first-order chi connectivity index (χ1) is 12.6. The second kappa shape index (κ2) is 8.96. The molecule has 3 rings (SSSR count). The monoisotopic (exact) mass is 362 g/mol. The van der Waals surface area contributed by atoms with Crippen molar-refractivity contribution >= 4 is 5.91 Å². The molecule has 1 N–H and O–H groups in total. The molecular weight excluding hydrogens is 331 g/mol. The summed E-state index contributed by atoms with van der Waals surface area (Å²) in [6.45, 7) is 3.95. The highest BCUT2D eigenvalue weighted by atomic mass is 19.1. The lowest BCUT2D eigenvalue weighted by Gasteiger charge is -2.42. The molecule has 2 aliphatic heterocycles. The van der Waals surface area contributed by atoms with Gasteiger partial charge in [0.1, 0.15) is 5.82 Å². The number of aliphatic hydroxyl groups excluding tert-OH is 1. The highest BCUT2D eigenvalue weighted by Gasteiger charge is 2.37. The summed E-state index contributed by atoms with van der Waals surface area (Å²) in [7, 11) is 0. The number of rotatable bonds is 5. The Hall–Kier alpha value is -1.46. The van der Waals surface area contributed by atoms with Gasteiger partial charge in [0.2, 0.25) is 5.91 Å². The van der Waals surface area contributed by atoms with Crippen LogP contribution in [0.1, 0.15) is 44.1 Å². The van der Waals surface area contributed by atoms with E-state index >= 15 is 0 Å². The van der Waals surface area contributed by atoms with E-state index in [0.29, 0.717) is 19.5 Å². The zero-order valence-electron chi connectivity index (χ0n) is 15.6. The predicted molar refractivity (Wildman–Crippen MR) is 100 cm³/mol. The van der Waals surface area contributed by atoms with E-state index in [4.69, 9.17) is 0 Å².